The molecule has 0 bridgehead atoms. The summed E-state index contributed by atoms with van der Waals surface area (Å²) in [5.41, 5.74) is 2.75. The Kier molecular flexibility index (Phi) is 3.87. The summed E-state index contributed by atoms with van der Waals surface area (Å²) in [5.74, 6) is 2.63. The summed E-state index contributed by atoms with van der Waals surface area (Å²) in [6.45, 7) is 0. The van der Waals surface area contributed by atoms with E-state index in [9.17, 15) is 0 Å². The molecule has 0 aliphatic carbocycles. The van der Waals surface area contributed by atoms with Crippen molar-refractivity contribution in [3.63, 3.8) is 0 Å². The Balaban J connectivity index is 2.08. The molecule has 1 fully saturated rings. The Morgan fingerprint density at radius 3 is 2.20 bits per heavy atom. The van der Waals surface area contributed by atoms with Crippen LogP contribution in [0.25, 0.3) is 0 Å². The van der Waals surface area contributed by atoms with Gasteiger partial charge in [-0.25, -0.2) is 0 Å². The quantitative estimate of drug-likeness (QED) is 0.776. The van der Waals surface area contributed by atoms with Gasteiger partial charge in [-0.05, 0) is 35.6 Å². The first kappa shape index (κ1) is 11.2. The Morgan fingerprint density at radius 1 is 1.07 bits per heavy atom. The monoisotopic (exact) mass is 239 g/mol. The van der Waals surface area contributed by atoms with E-state index in [1.807, 2.05) is 0 Å². The van der Waals surface area contributed by atoms with Gasteiger partial charge in [0.2, 0.25) is 0 Å². The fourth-order valence-electron chi connectivity index (χ4n) is 1.61. The first-order valence-corrected chi connectivity index (χ1v) is 7.37. The van der Waals surface area contributed by atoms with E-state index in [4.69, 9.17) is 0 Å². The smallest absolute Gasteiger partial charge is 0.0751 e. The Bertz CT molecular complexity index is 302. The maximum absolute atomic E-state index is 2.27. The number of hydrogen-bond donors (Lipinski definition) is 0. The lowest BCUT2D eigenvalue weighted by atomic mass is 10.2. The average molecular weight is 239 g/mol. The maximum atomic E-state index is 2.27. The largest absolute Gasteiger partial charge is 0.378 e. The highest BCUT2D eigenvalue weighted by atomic mass is 32.2. The number of thioether (sulfide) groups is 2. The molecule has 2 rings (SSSR count). The maximum Gasteiger partial charge on any atom is 0.0751 e. The Hall–Kier alpha value is -0.280. The summed E-state index contributed by atoms with van der Waals surface area (Å²) in [4.78, 5) is 2.14. The SMILES string of the molecule is CN(C)c1ccc(C2SCCCS2)cc1. The highest BCUT2D eigenvalue weighted by Crippen LogP contribution is 2.43. The second kappa shape index (κ2) is 5.17. The van der Waals surface area contributed by atoms with Crippen molar-refractivity contribution in [1.29, 1.82) is 0 Å². The van der Waals surface area contributed by atoms with Crippen LogP contribution in [-0.2, 0) is 0 Å². The Labute approximate surface area is 101 Å². The molecule has 1 aliphatic heterocycles. The fraction of sp³-hybridized carbons (Fsp3) is 0.500. The van der Waals surface area contributed by atoms with Crippen LogP contribution in [0.2, 0.25) is 0 Å². The van der Waals surface area contributed by atoms with Crippen molar-refractivity contribution in [2.75, 3.05) is 30.5 Å². The molecular formula is C12H17NS2. The molecule has 1 aliphatic rings. The third-order valence-corrected chi connectivity index (χ3v) is 5.52. The summed E-state index contributed by atoms with van der Waals surface area (Å²) >= 11 is 4.16. The second-order valence-electron chi connectivity index (χ2n) is 3.91. The first-order valence-electron chi connectivity index (χ1n) is 5.28. The van der Waals surface area contributed by atoms with Crippen LogP contribution in [0.1, 0.15) is 16.6 Å². The van der Waals surface area contributed by atoms with Crippen molar-refractivity contribution >= 4 is 29.2 Å². The van der Waals surface area contributed by atoms with Crippen LogP contribution in [0.3, 0.4) is 0 Å². The zero-order valence-corrected chi connectivity index (χ0v) is 10.9. The van der Waals surface area contributed by atoms with Gasteiger partial charge in [0.1, 0.15) is 0 Å². The molecule has 0 radical (unpaired) electrons. The number of anilines is 1. The van der Waals surface area contributed by atoms with Crippen molar-refractivity contribution in [2.24, 2.45) is 0 Å². The fourth-order valence-corrected chi connectivity index (χ4v) is 4.50. The van der Waals surface area contributed by atoms with Crippen LogP contribution in [0.4, 0.5) is 5.69 Å². The topological polar surface area (TPSA) is 3.24 Å². The van der Waals surface area contributed by atoms with Crippen LogP contribution in [0.5, 0.6) is 0 Å². The summed E-state index contributed by atoms with van der Waals surface area (Å²) in [6, 6.07) is 8.97. The summed E-state index contributed by atoms with van der Waals surface area (Å²) < 4.78 is 0.662. The summed E-state index contributed by atoms with van der Waals surface area (Å²) in [5, 5.41) is 0. The van der Waals surface area contributed by atoms with Gasteiger partial charge in [-0.15, -0.1) is 23.5 Å². The highest BCUT2D eigenvalue weighted by molar-refractivity contribution is 8.16. The van der Waals surface area contributed by atoms with Crippen LogP contribution in [-0.4, -0.2) is 25.6 Å². The highest BCUT2D eigenvalue weighted by Gasteiger charge is 2.16. The number of hydrogen-bond acceptors (Lipinski definition) is 3. The van der Waals surface area contributed by atoms with Gasteiger partial charge < -0.3 is 4.90 Å². The lowest BCUT2D eigenvalue weighted by molar-refractivity contribution is 1.09. The average Bonchev–Trinajstić information content (AvgIpc) is 2.30. The molecule has 0 saturated carbocycles. The van der Waals surface area contributed by atoms with Crippen LogP contribution >= 0.6 is 23.5 Å². The lowest BCUT2D eigenvalue weighted by Gasteiger charge is -2.22. The standard InChI is InChI=1S/C12H17NS2/c1-13(2)11-6-4-10(5-7-11)12-14-8-3-9-15-12/h4-7,12H,3,8-9H2,1-2H3. The van der Waals surface area contributed by atoms with Gasteiger partial charge in [0.15, 0.2) is 0 Å². The number of nitrogens with zero attached hydrogens (tertiary/aromatic N) is 1. The van der Waals surface area contributed by atoms with E-state index in [1.54, 1.807) is 0 Å². The molecule has 15 heavy (non-hydrogen) atoms. The van der Waals surface area contributed by atoms with Crippen LogP contribution < -0.4 is 4.90 Å². The lowest BCUT2D eigenvalue weighted by Crippen LogP contribution is -2.08. The van der Waals surface area contributed by atoms with Gasteiger partial charge in [0, 0.05) is 19.8 Å². The minimum Gasteiger partial charge on any atom is -0.378 e. The van der Waals surface area contributed by atoms with Crippen LogP contribution in [0, 0.1) is 0 Å². The van der Waals surface area contributed by atoms with E-state index in [0.29, 0.717) is 4.58 Å². The zero-order valence-electron chi connectivity index (χ0n) is 9.27. The molecule has 1 nitrogen and oxygen atoms in total. The van der Waals surface area contributed by atoms with Crippen molar-refractivity contribution in [3.8, 4) is 0 Å². The van der Waals surface area contributed by atoms with E-state index >= 15 is 0 Å². The third kappa shape index (κ3) is 2.85. The molecule has 3 heteroatoms. The molecule has 0 atom stereocenters. The molecule has 0 N–H and O–H groups in total. The summed E-state index contributed by atoms with van der Waals surface area (Å²) in [6.07, 6.45) is 1.36. The molecule has 1 saturated heterocycles. The summed E-state index contributed by atoms with van der Waals surface area (Å²) in [7, 11) is 4.16. The molecule has 0 unspecified atom stereocenters. The number of benzene rings is 1. The van der Waals surface area contributed by atoms with E-state index in [-0.39, 0.29) is 0 Å². The zero-order chi connectivity index (χ0) is 10.7. The molecular weight excluding hydrogens is 222 g/mol. The predicted octanol–water partition coefficient (Wildman–Crippen LogP) is 3.62. The predicted molar refractivity (Wildman–Crippen MR) is 73.0 cm³/mol. The van der Waals surface area contributed by atoms with Gasteiger partial charge in [-0.3, -0.25) is 0 Å². The Morgan fingerprint density at radius 2 is 1.67 bits per heavy atom. The van der Waals surface area contributed by atoms with Gasteiger partial charge in [0.05, 0.1) is 4.58 Å². The minimum absolute atomic E-state index is 0.662. The molecule has 1 aromatic rings. The molecule has 82 valence electrons. The van der Waals surface area contributed by atoms with Gasteiger partial charge >= 0.3 is 0 Å². The van der Waals surface area contributed by atoms with E-state index in [1.165, 1.54) is 29.2 Å². The second-order valence-corrected chi connectivity index (χ2v) is 6.64. The normalized spacial score (nSPS) is 17.7. The van der Waals surface area contributed by atoms with E-state index in [0.717, 1.165) is 0 Å². The molecule has 0 spiro atoms. The number of rotatable bonds is 2. The molecule has 0 amide bonds. The van der Waals surface area contributed by atoms with Crippen molar-refractivity contribution in [1.82, 2.24) is 0 Å². The van der Waals surface area contributed by atoms with Crippen molar-refractivity contribution < 1.29 is 0 Å². The third-order valence-electron chi connectivity index (χ3n) is 2.51. The first-order chi connectivity index (χ1) is 7.27. The van der Waals surface area contributed by atoms with E-state index < -0.39 is 0 Å². The molecule has 0 aromatic heterocycles. The van der Waals surface area contributed by atoms with Crippen molar-refractivity contribution in [2.45, 2.75) is 11.0 Å². The van der Waals surface area contributed by atoms with Crippen LogP contribution in [0.15, 0.2) is 24.3 Å². The molecule has 1 aromatic carbocycles. The molecule has 1 heterocycles. The van der Waals surface area contributed by atoms with E-state index in [2.05, 4.69) is 66.8 Å². The van der Waals surface area contributed by atoms with Gasteiger partial charge in [0.25, 0.3) is 0 Å². The van der Waals surface area contributed by atoms with Gasteiger partial charge in [-0.1, -0.05) is 12.1 Å². The van der Waals surface area contributed by atoms with Gasteiger partial charge in [-0.2, -0.15) is 0 Å². The minimum atomic E-state index is 0.662. The van der Waals surface area contributed by atoms with Crippen molar-refractivity contribution in [3.05, 3.63) is 29.8 Å².